The molecule has 0 atom stereocenters. The molecular formula is C23H36N6. The zero-order valence-corrected chi connectivity index (χ0v) is 17.9. The van der Waals surface area contributed by atoms with Gasteiger partial charge in [0.1, 0.15) is 5.82 Å². The van der Waals surface area contributed by atoms with Crippen LogP contribution in [0.4, 0.5) is 0 Å². The maximum Gasteiger partial charge on any atom is 0.106 e. The summed E-state index contributed by atoms with van der Waals surface area (Å²) < 4.78 is 0. The number of H-pyrrole nitrogens is 2. The first-order chi connectivity index (χ1) is 14.3. The number of hydrogen-bond acceptors (Lipinski definition) is 4. The molecule has 6 heteroatoms. The Morgan fingerprint density at radius 3 is 2.76 bits per heavy atom. The third-order valence-electron chi connectivity index (χ3n) is 7.60. The van der Waals surface area contributed by atoms with E-state index in [2.05, 4.69) is 37.9 Å². The molecule has 6 nitrogen and oxygen atoms in total. The number of nitrogens with one attached hydrogen (secondary N) is 2. The second kappa shape index (κ2) is 8.23. The summed E-state index contributed by atoms with van der Waals surface area (Å²) in [6.07, 6.45) is 15.4. The highest BCUT2D eigenvalue weighted by Gasteiger charge is 2.46. The van der Waals surface area contributed by atoms with Crippen molar-refractivity contribution in [2.45, 2.75) is 76.8 Å². The fraction of sp³-hybridized carbons (Fsp3) is 0.739. The van der Waals surface area contributed by atoms with E-state index in [9.17, 15) is 0 Å². The van der Waals surface area contributed by atoms with E-state index < -0.39 is 0 Å². The van der Waals surface area contributed by atoms with Crippen molar-refractivity contribution in [3.63, 3.8) is 0 Å². The van der Waals surface area contributed by atoms with Crippen molar-refractivity contribution in [3.8, 4) is 0 Å². The first-order valence-corrected chi connectivity index (χ1v) is 11.8. The largest absolute Gasteiger partial charge is 0.348 e. The lowest BCUT2D eigenvalue weighted by Crippen LogP contribution is -2.56. The van der Waals surface area contributed by atoms with Crippen molar-refractivity contribution in [1.82, 2.24) is 29.7 Å². The molecule has 0 bridgehead atoms. The SMILES string of the molecule is CCCN1CCc2[nH]cnc2C12CCN(Cc1cnc(CC3CCCC3)[nH]1)CC2. The minimum atomic E-state index is 0.141. The van der Waals surface area contributed by atoms with Gasteiger partial charge in [-0.2, -0.15) is 0 Å². The van der Waals surface area contributed by atoms with Gasteiger partial charge >= 0.3 is 0 Å². The van der Waals surface area contributed by atoms with E-state index in [0.29, 0.717) is 0 Å². The summed E-state index contributed by atoms with van der Waals surface area (Å²) in [7, 11) is 0. The third kappa shape index (κ3) is 3.77. The van der Waals surface area contributed by atoms with E-state index >= 15 is 0 Å². The quantitative estimate of drug-likeness (QED) is 0.783. The van der Waals surface area contributed by atoms with Gasteiger partial charge in [0, 0.05) is 56.6 Å². The monoisotopic (exact) mass is 396 g/mol. The molecule has 4 heterocycles. The van der Waals surface area contributed by atoms with Gasteiger partial charge in [-0.15, -0.1) is 0 Å². The molecule has 1 aliphatic carbocycles. The van der Waals surface area contributed by atoms with Crippen LogP contribution in [-0.4, -0.2) is 55.9 Å². The van der Waals surface area contributed by atoms with Crippen molar-refractivity contribution in [1.29, 1.82) is 0 Å². The van der Waals surface area contributed by atoms with Gasteiger partial charge in [-0.1, -0.05) is 32.6 Å². The lowest BCUT2D eigenvalue weighted by molar-refractivity contribution is 0.00326. The van der Waals surface area contributed by atoms with Crippen molar-refractivity contribution < 1.29 is 0 Å². The molecule has 29 heavy (non-hydrogen) atoms. The van der Waals surface area contributed by atoms with E-state index in [1.165, 1.54) is 74.4 Å². The Labute approximate surface area is 174 Å². The summed E-state index contributed by atoms with van der Waals surface area (Å²) >= 11 is 0. The molecule has 5 rings (SSSR count). The average molecular weight is 397 g/mol. The fourth-order valence-electron chi connectivity index (χ4n) is 6.07. The number of aromatic nitrogens is 4. The topological polar surface area (TPSA) is 63.8 Å². The number of imidazole rings is 2. The minimum absolute atomic E-state index is 0.141. The van der Waals surface area contributed by atoms with Gasteiger partial charge in [0.2, 0.25) is 0 Å². The van der Waals surface area contributed by atoms with Gasteiger partial charge in [0.05, 0.1) is 17.6 Å². The van der Waals surface area contributed by atoms with Crippen LogP contribution in [0.1, 0.15) is 74.8 Å². The molecule has 3 aliphatic rings. The van der Waals surface area contributed by atoms with Crippen molar-refractivity contribution in [3.05, 3.63) is 35.4 Å². The molecule has 0 radical (unpaired) electrons. The predicted molar refractivity (Wildman–Crippen MR) is 115 cm³/mol. The number of aromatic amines is 2. The van der Waals surface area contributed by atoms with E-state index in [4.69, 9.17) is 4.98 Å². The molecule has 1 spiro atoms. The van der Waals surface area contributed by atoms with Crippen LogP contribution in [0.2, 0.25) is 0 Å². The van der Waals surface area contributed by atoms with E-state index in [1.54, 1.807) is 0 Å². The molecule has 0 amide bonds. The molecular weight excluding hydrogens is 360 g/mol. The van der Waals surface area contributed by atoms with Crippen molar-refractivity contribution in [2.24, 2.45) is 5.92 Å². The number of hydrogen-bond donors (Lipinski definition) is 2. The normalized spacial score (nSPS) is 23.1. The summed E-state index contributed by atoms with van der Waals surface area (Å²) in [5.41, 5.74) is 4.12. The van der Waals surface area contributed by atoms with Gasteiger partial charge in [-0.3, -0.25) is 9.80 Å². The van der Waals surface area contributed by atoms with E-state index in [-0.39, 0.29) is 5.54 Å². The minimum Gasteiger partial charge on any atom is -0.348 e. The summed E-state index contributed by atoms with van der Waals surface area (Å²) in [4.78, 5) is 21.8. The van der Waals surface area contributed by atoms with Crippen molar-refractivity contribution >= 4 is 0 Å². The lowest BCUT2D eigenvalue weighted by Gasteiger charge is -2.50. The number of likely N-dealkylation sites (tertiary alicyclic amines) is 1. The van der Waals surface area contributed by atoms with Crippen LogP contribution in [0.15, 0.2) is 12.5 Å². The van der Waals surface area contributed by atoms with Crippen LogP contribution in [0.5, 0.6) is 0 Å². The molecule has 2 aromatic heterocycles. The first-order valence-electron chi connectivity index (χ1n) is 11.8. The number of rotatable bonds is 6. The summed E-state index contributed by atoms with van der Waals surface area (Å²) in [5.74, 6) is 2.05. The molecule has 2 aromatic rings. The van der Waals surface area contributed by atoms with Gasteiger partial charge < -0.3 is 9.97 Å². The Morgan fingerprint density at radius 1 is 1.14 bits per heavy atom. The van der Waals surface area contributed by atoms with Gasteiger partial charge in [-0.05, 0) is 31.7 Å². The zero-order chi connectivity index (χ0) is 19.7. The van der Waals surface area contributed by atoms with Gasteiger partial charge in [0.15, 0.2) is 0 Å². The number of fused-ring (bicyclic) bond motifs is 2. The summed E-state index contributed by atoms with van der Waals surface area (Å²) in [6.45, 7) is 7.89. The Balaban J connectivity index is 1.23. The van der Waals surface area contributed by atoms with Crippen LogP contribution >= 0.6 is 0 Å². The maximum absolute atomic E-state index is 4.80. The highest BCUT2D eigenvalue weighted by atomic mass is 15.3. The molecule has 2 aliphatic heterocycles. The molecule has 1 saturated carbocycles. The van der Waals surface area contributed by atoms with Crippen LogP contribution in [0, 0.1) is 5.92 Å². The van der Waals surface area contributed by atoms with Crippen LogP contribution < -0.4 is 0 Å². The van der Waals surface area contributed by atoms with Crippen LogP contribution in [0.3, 0.4) is 0 Å². The first kappa shape index (κ1) is 19.3. The second-order valence-corrected chi connectivity index (χ2v) is 9.48. The zero-order valence-electron chi connectivity index (χ0n) is 17.9. The summed E-state index contributed by atoms with van der Waals surface area (Å²) in [6, 6.07) is 0. The summed E-state index contributed by atoms with van der Waals surface area (Å²) in [5, 5.41) is 0. The van der Waals surface area contributed by atoms with Crippen molar-refractivity contribution in [2.75, 3.05) is 26.2 Å². The number of piperidine rings is 1. The maximum atomic E-state index is 4.80. The van der Waals surface area contributed by atoms with Crippen LogP contribution in [-0.2, 0) is 24.9 Å². The fourth-order valence-corrected chi connectivity index (χ4v) is 6.07. The van der Waals surface area contributed by atoms with E-state index in [1.807, 2.05) is 6.33 Å². The smallest absolute Gasteiger partial charge is 0.106 e. The molecule has 158 valence electrons. The second-order valence-electron chi connectivity index (χ2n) is 9.48. The Hall–Kier alpha value is -1.66. The highest BCUT2D eigenvalue weighted by Crippen LogP contribution is 2.42. The highest BCUT2D eigenvalue weighted by molar-refractivity contribution is 5.27. The lowest BCUT2D eigenvalue weighted by atomic mass is 9.78. The number of nitrogens with zero attached hydrogens (tertiary/aromatic N) is 4. The molecule has 0 aromatic carbocycles. The predicted octanol–water partition coefficient (Wildman–Crippen LogP) is 3.62. The Kier molecular flexibility index (Phi) is 5.48. The molecule has 2 N–H and O–H groups in total. The molecule has 1 saturated heterocycles. The third-order valence-corrected chi connectivity index (χ3v) is 7.60. The molecule has 0 unspecified atom stereocenters. The Bertz CT molecular complexity index is 794. The molecule has 2 fully saturated rings. The van der Waals surface area contributed by atoms with Gasteiger partial charge in [-0.25, -0.2) is 9.97 Å². The van der Waals surface area contributed by atoms with E-state index in [0.717, 1.165) is 44.9 Å². The van der Waals surface area contributed by atoms with Gasteiger partial charge in [0.25, 0.3) is 0 Å². The average Bonchev–Trinajstić information content (AvgIpc) is 3.49. The standard InChI is InChI=1S/C23H36N6/c1-2-10-29-11-7-20-22(26-17-25-20)23(29)8-12-28(13-9-23)16-19-15-24-21(27-19)14-18-5-3-4-6-18/h15,17-18H,2-14,16H2,1H3,(H,24,27)(H,25,26). The van der Waals surface area contributed by atoms with Crippen LogP contribution in [0.25, 0.3) is 0 Å². The Morgan fingerprint density at radius 2 is 1.97 bits per heavy atom.